The molecule has 7 heteroatoms. The summed E-state index contributed by atoms with van der Waals surface area (Å²) >= 11 is 7.46. The average molecular weight is 346 g/mol. The Morgan fingerprint density at radius 1 is 1.26 bits per heavy atom. The van der Waals surface area contributed by atoms with E-state index in [4.69, 9.17) is 16.0 Å². The molecule has 0 bridgehead atoms. The van der Waals surface area contributed by atoms with Gasteiger partial charge in [0.15, 0.2) is 5.17 Å². The molecular weight excluding hydrogens is 334 g/mol. The summed E-state index contributed by atoms with van der Waals surface area (Å²) in [5.74, 6) is 1.25. The molecule has 1 saturated heterocycles. The van der Waals surface area contributed by atoms with Gasteiger partial charge >= 0.3 is 0 Å². The molecule has 1 aromatic carbocycles. The van der Waals surface area contributed by atoms with Crippen molar-refractivity contribution in [3.63, 3.8) is 0 Å². The molecule has 1 fully saturated rings. The van der Waals surface area contributed by atoms with Crippen molar-refractivity contribution < 1.29 is 9.21 Å². The molecule has 0 N–H and O–H groups in total. The molecule has 3 heterocycles. The number of anilines is 1. The van der Waals surface area contributed by atoms with Gasteiger partial charge in [-0.25, -0.2) is 4.99 Å². The number of fused-ring (bicyclic) bond motifs is 1. The smallest absolute Gasteiger partial charge is 0.280 e. The fraction of sp³-hybridized carbons (Fsp3) is 0.125. The lowest BCUT2D eigenvalue weighted by atomic mass is 10.3. The maximum absolute atomic E-state index is 12.5. The Hall–Kier alpha value is -2.18. The maximum atomic E-state index is 12.5. The van der Waals surface area contributed by atoms with E-state index in [1.165, 1.54) is 11.8 Å². The van der Waals surface area contributed by atoms with E-state index in [1.54, 1.807) is 29.4 Å². The van der Waals surface area contributed by atoms with E-state index in [0.717, 1.165) is 16.7 Å². The Bertz CT molecular complexity index is 799. The van der Waals surface area contributed by atoms with Gasteiger partial charge in [0, 0.05) is 16.8 Å². The number of halogens is 1. The van der Waals surface area contributed by atoms with E-state index >= 15 is 0 Å². The lowest BCUT2D eigenvalue weighted by molar-refractivity contribution is -0.122. The molecule has 5 nitrogen and oxygen atoms in total. The first-order valence-corrected chi connectivity index (χ1v) is 8.36. The summed E-state index contributed by atoms with van der Waals surface area (Å²) in [6, 6.07) is 11.2. The molecule has 23 heavy (non-hydrogen) atoms. The quantitative estimate of drug-likeness (QED) is 0.780. The second-order valence-corrected chi connectivity index (χ2v) is 6.45. The highest BCUT2D eigenvalue weighted by Crippen LogP contribution is 2.31. The zero-order chi connectivity index (χ0) is 15.8. The Morgan fingerprint density at radius 2 is 2.09 bits per heavy atom. The molecule has 0 radical (unpaired) electrons. The number of carbonyl (C=O) groups excluding carboxylic acids is 1. The first-order chi connectivity index (χ1) is 11.2. The molecule has 0 aliphatic carbocycles. The number of hydrogen-bond acceptors (Lipinski definition) is 5. The van der Waals surface area contributed by atoms with Gasteiger partial charge in [-0.2, -0.15) is 0 Å². The number of hydrogen-bond donors (Lipinski definition) is 0. The minimum Gasteiger partial charge on any atom is -0.465 e. The average Bonchev–Trinajstić information content (AvgIpc) is 3.17. The van der Waals surface area contributed by atoms with Crippen LogP contribution in [0.3, 0.4) is 0 Å². The SMILES string of the molecule is O=C1C(=Cc2ccco2)N=C2SCN(c3ccc(Cl)cc3)CN12. The zero-order valence-corrected chi connectivity index (χ0v) is 13.5. The summed E-state index contributed by atoms with van der Waals surface area (Å²) in [6.07, 6.45) is 3.24. The third-order valence-electron chi connectivity index (χ3n) is 3.59. The van der Waals surface area contributed by atoms with Crippen LogP contribution in [0.5, 0.6) is 0 Å². The molecule has 4 rings (SSSR count). The van der Waals surface area contributed by atoms with Crippen molar-refractivity contribution in [2.45, 2.75) is 0 Å². The van der Waals surface area contributed by atoms with E-state index in [-0.39, 0.29) is 5.91 Å². The molecule has 0 atom stereocenters. The number of carbonyl (C=O) groups is 1. The van der Waals surface area contributed by atoms with E-state index in [1.807, 2.05) is 24.3 Å². The van der Waals surface area contributed by atoms with Crippen LogP contribution in [0.2, 0.25) is 5.02 Å². The van der Waals surface area contributed by atoms with Gasteiger partial charge in [0.1, 0.15) is 18.1 Å². The second-order valence-electron chi connectivity index (χ2n) is 5.10. The van der Waals surface area contributed by atoms with Gasteiger partial charge < -0.3 is 9.32 Å². The van der Waals surface area contributed by atoms with Gasteiger partial charge in [-0.05, 0) is 36.4 Å². The van der Waals surface area contributed by atoms with Crippen molar-refractivity contribution in [3.05, 3.63) is 59.1 Å². The minimum atomic E-state index is -0.109. The molecular formula is C16H12ClN3O2S. The van der Waals surface area contributed by atoms with Crippen LogP contribution in [0.1, 0.15) is 5.76 Å². The number of amides is 1. The van der Waals surface area contributed by atoms with Crippen LogP contribution in [0.4, 0.5) is 5.69 Å². The second kappa shape index (κ2) is 5.79. The van der Waals surface area contributed by atoms with Crippen molar-refractivity contribution in [2.24, 2.45) is 4.99 Å². The summed E-state index contributed by atoms with van der Waals surface area (Å²) in [5.41, 5.74) is 1.43. The standard InChI is InChI=1S/C16H12ClN3O2S/c17-11-3-5-12(6-4-11)19-9-20-15(21)14(18-16(20)23-10-19)8-13-2-1-7-22-13/h1-8H,9-10H2. The third-order valence-corrected chi connectivity index (χ3v) is 4.85. The van der Waals surface area contributed by atoms with Crippen LogP contribution in [0.15, 0.2) is 57.8 Å². The molecule has 2 aliphatic rings. The van der Waals surface area contributed by atoms with Gasteiger partial charge in [-0.1, -0.05) is 23.4 Å². The van der Waals surface area contributed by atoms with Crippen molar-refractivity contribution in [1.82, 2.24) is 4.90 Å². The largest absolute Gasteiger partial charge is 0.465 e. The molecule has 1 amide bonds. The number of nitrogens with zero attached hydrogens (tertiary/aromatic N) is 3. The first kappa shape index (κ1) is 14.4. The minimum absolute atomic E-state index is 0.109. The molecule has 1 aromatic heterocycles. The normalized spacial score (nSPS) is 19.3. The Balaban J connectivity index is 1.56. The van der Waals surface area contributed by atoms with E-state index in [0.29, 0.717) is 23.1 Å². The van der Waals surface area contributed by atoms with Gasteiger partial charge in [0.2, 0.25) is 0 Å². The summed E-state index contributed by atoms with van der Waals surface area (Å²) in [7, 11) is 0. The zero-order valence-electron chi connectivity index (χ0n) is 12.0. The van der Waals surface area contributed by atoms with Crippen LogP contribution >= 0.6 is 23.4 Å². The van der Waals surface area contributed by atoms with Crippen molar-refractivity contribution in [1.29, 1.82) is 0 Å². The lowest BCUT2D eigenvalue weighted by Gasteiger charge is -2.34. The molecule has 0 spiro atoms. The Morgan fingerprint density at radius 3 is 2.83 bits per heavy atom. The lowest BCUT2D eigenvalue weighted by Crippen LogP contribution is -2.46. The van der Waals surface area contributed by atoms with Gasteiger partial charge in [0.05, 0.1) is 12.1 Å². The van der Waals surface area contributed by atoms with E-state index < -0.39 is 0 Å². The van der Waals surface area contributed by atoms with E-state index in [2.05, 4.69) is 9.89 Å². The number of amidine groups is 1. The fourth-order valence-electron chi connectivity index (χ4n) is 2.43. The number of thioether (sulfide) groups is 1. The van der Waals surface area contributed by atoms with Crippen LogP contribution in [-0.2, 0) is 4.79 Å². The third kappa shape index (κ3) is 2.75. The van der Waals surface area contributed by atoms with Crippen LogP contribution in [0.25, 0.3) is 6.08 Å². The van der Waals surface area contributed by atoms with Gasteiger partial charge in [0.25, 0.3) is 5.91 Å². The number of aliphatic imine (C=N–C) groups is 1. The van der Waals surface area contributed by atoms with E-state index in [9.17, 15) is 4.79 Å². The number of furan rings is 1. The number of rotatable bonds is 2. The topological polar surface area (TPSA) is 49.1 Å². The van der Waals surface area contributed by atoms with Crippen molar-refractivity contribution in [2.75, 3.05) is 17.4 Å². The summed E-state index contributed by atoms with van der Waals surface area (Å²) < 4.78 is 5.25. The highest BCUT2D eigenvalue weighted by atomic mass is 35.5. The predicted molar refractivity (Wildman–Crippen MR) is 92.2 cm³/mol. The van der Waals surface area contributed by atoms with Gasteiger partial charge in [-0.3, -0.25) is 9.69 Å². The Kier molecular flexibility index (Phi) is 3.63. The van der Waals surface area contributed by atoms with Crippen LogP contribution in [-0.4, -0.2) is 28.5 Å². The monoisotopic (exact) mass is 345 g/mol. The molecule has 2 aliphatic heterocycles. The van der Waals surface area contributed by atoms with Crippen molar-refractivity contribution >= 4 is 46.2 Å². The first-order valence-electron chi connectivity index (χ1n) is 7.00. The number of benzene rings is 1. The summed E-state index contributed by atoms with van der Waals surface area (Å²) in [6.45, 7) is 0.474. The predicted octanol–water partition coefficient (Wildman–Crippen LogP) is 3.64. The van der Waals surface area contributed by atoms with Crippen molar-refractivity contribution in [3.8, 4) is 0 Å². The highest BCUT2D eigenvalue weighted by Gasteiger charge is 2.35. The molecule has 0 saturated carbocycles. The molecule has 116 valence electrons. The van der Waals surface area contributed by atoms with Crippen LogP contribution < -0.4 is 4.90 Å². The maximum Gasteiger partial charge on any atom is 0.280 e. The highest BCUT2D eigenvalue weighted by molar-refractivity contribution is 8.14. The summed E-state index contributed by atoms with van der Waals surface area (Å²) in [4.78, 5) is 20.7. The van der Waals surface area contributed by atoms with Crippen LogP contribution in [0, 0.1) is 0 Å². The Labute approximate surface area is 142 Å². The molecule has 0 unspecified atom stereocenters. The molecule has 2 aromatic rings. The van der Waals surface area contributed by atoms with Gasteiger partial charge in [-0.15, -0.1) is 0 Å². The summed E-state index contributed by atoms with van der Waals surface area (Å²) in [5, 5.41) is 1.43. The fourth-order valence-corrected chi connectivity index (χ4v) is 3.52.